The smallest absolute Gasteiger partial charge is 0.314 e. The van der Waals surface area contributed by atoms with Gasteiger partial charge in [-0.05, 0) is 55.8 Å². The third kappa shape index (κ3) is 5.10. The third-order valence-corrected chi connectivity index (χ3v) is 6.00. The number of hydrogen-bond donors (Lipinski definition) is 2. The maximum absolute atomic E-state index is 13.6. The molecule has 4 rings (SSSR count). The largest absolute Gasteiger partial charge is 0.351 e. The van der Waals surface area contributed by atoms with Crippen LogP contribution >= 0.6 is 0 Å². The fourth-order valence-electron chi connectivity index (χ4n) is 4.21. The first kappa shape index (κ1) is 22.3. The SMILES string of the molecule is CC[NH+](C(=O)c1ccc(-c2cccc(F)c2)nc1C)c1ccc(CN2CCNCC2)cc1. The first-order chi connectivity index (χ1) is 15.5. The van der Waals surface area contributed by atoms with E-state index in [1.165, 1.54) is 17.7 Å². The van der Waals surface area contributed by atoms with E-state index in [4.69, 9.17) is 0 Å². The molecule has 32 heavy (non-hydrogen) atoms. The number of nitrogens with one attached hydrogen (secondary N) is 2. The van der Waals surface area contributed by atoms with E-state index in [1.807, 2.05) is 19.9 Å². The Labute approximate surface area is 188 Å². The van der Waals surface area contributed by atoms with Gasteiger partial charge in [-0.15, -0.1) is 0 Å². The molecule has 0 radical (unpaired) electrons. The molecule has 1 fully saturated rings. The maximum atomic E-state index is 13.6. The van der Waals surface area contributed by atoms with Crippen LogP contribution in [0.2, 0.25) is 0 Å². The number of piperazine rings is 1. The minimum atomic E-state index is -0.302. The van der Waals surface area contributed by atoms with Crippen LogP contribution in [0.15, 0.2) is 60.7 Å². The van der Waals surface area contributed by atoms with Crippen LogP contribution in [-0.2, 0) is 6.54 Å². The van der Waals surface area contributed by atoms with Gasteiger partial charge in [0, 0.05) is 38.3 Å². The summed E-state index contributed by atoms with van der Waals surface area (Å²) in [4.78, 5) is 21.2. The summed E-state index contributed by atoms with van der Waals surface area (Å²) >= 11 is 0. The van der Waals surface area contributed by atoms with Crippen molar-refractivity contribution in [2.75, 3.05) is 32.7 Å². The number of carbonyl (C=O) groups excluding carboxylic acids is 1. The molecule has 0 saturated carbocycles. The first-order valence-electron chi connectivity index (χ1n) is 11.2. The van der Waals surface area contributed by atoms with E-state index in [9.17, 15) is 9.18 Å². The summed E-state index contributed by atoms with van der Waals surface area (Å²) in [5.41, 5.74) is 4.82. The molecule has 166 valence electrons. The van der Waals surface area contributed by atoms with E-state index < -0.39 is 0 Å². The van der Waals surface area contributed by atoms with Crippen LogP contribution in [0.4, 0.5) is 10.1 Å². The zero-order valence-electron chi connectivity index (χ0n) is 18.7. The molecule has 2 heterocycles. The zero-order chi connectivity index (χ0) is 22.5. The van der Waals surface area contributed by atoms with Crippen LogP contribution in [0, 0.1) is 12.7 Å². The van der Waals surface area contributed by atoms with Gasteiger partial charge in [-0.3, -0.25) is 9.88 Å². The molecule has 1 aromatic heterocycles. The Morgan fingerprint density at radius 3 is 2.50 bits per heavy atom. The fourth-order valence-corrected chi connectivity index (χ4v) is 4.21. The molecule has 2 aromatic carbocycles. The Kier molecular flexibility index (Phi) is 7.05. The monoisotopic (exact) mass is 433 g/mol. The Hall–Kier alpha value is -2.93. The second-order valence-electron chi connectivity index (χ2n) is 8.22. The normalized spacial score (nSPS) is 15.5. The quantitative estimate of drug-likeness (QED) is 0.628. The van der Waals surface area contributed by atoms with Gasteiger partial charge in [0.2, 0.25) is 0 Å². The number of hydrogen-bond acceptors (Lipinski definition) is 4. The van der Waals surface area contributed by atoms with E-state index in [0.29, 0.717) is 29.1 Å². The highest BCUT2D eigenvalue weighted by atomic mass is 19.1. The lowest BCUT2D eigenvalue weighted by Gasteiger charge is -2.27. The van der Waals surface area contributed by atoms with Gasteiger partial charge in [0.05, 0.1) is 17.9 Å². The Balaban J connectivity index is 1.50. The number of aromatic nitrogens is 1. The summed E-state index contributed by atoms with van der Waals surface area (Å²) in [6.07, 6.45) is 0. The van der Waals surface area contributed by atoms with Crippen molar-refractivity contribution in [2.24, 2.45) is 0 Å². The third-order valence-electron chi connectivity index (χ3n) is 6.00. The summed E-state index contributed by atoms with van der Waals surface area (Å²) < 4.78 is 13.6. The molecule has 0 bridgehead atoms. The van der Waals surface area contributed by atoms with E-state index in [2.05, 4.69) is 39.5 Å². The minimum absolute atomic E-state index is 0.00172. The second-order valence-corrected chi connectivity index (χ2v) is 8.22. The van der Waals surface area contributed by atoms with E-state index >= 15 is 0 Å². The molecule has 1 unspecified atom stereocenters. The predicted molar refractivity (Wildman–Crippen MR) is 124 cm³/mol. The maximum Gasteiger partial charge on any atom is 0.351 e. The molecular weight excluding hydrogens is 403 g/mol. The van der Waals surface area contributed by atoms with Crippen LogP contribution in [0.1, 0.15) is 28.5 Å². The zero-order valence-corrected chi connectivity index (χ0v) is 18.7. The number of pyridine rings is 1. The highest BCUT2D eigenvalue weighted by molar-refractivity contribution is 5.90. The number of halogens is 1. The number of rotatable bonds is 6. The standard InChI is InChI=1S/C26H29FN4O/c1-3-31(23-9-7-20(8-10-23)18-30-15-13-28-14-16-30)26(32)24-11-12-25(29-19(24)2)21-5-4-6-22(27)17-21/h4-12,17,28H,3,13-16,18H2,1-2H3/p+1. The van der Waals surface area contributed by atoms with Crippen LogP contribution in [0.25, 0.3) is 11.3 Å². The molecule has 0 spiro atoms. The van der Waals surface area contributed by atoms with Crippen LogP contribution < -0.4 is 10.2 Å². The van der Waals surface area contributed by atoms with Gasteiger partial charge in [0.25, 0.3) is 0 Å². The van der Waals surface area contributed by atoms with E-state index in [1.54, 1.807) is 18.2 Å². The molecule has 2 N–H and O–H groups in total. The molecule has 1 aliphatic heterocycles. The van der Waals surface area contributed by atoms with Crippen molar-refractivity contribution in [2.45, 2.75) is 20.4 Å². The molecular formula is C26H30FN4O+. The molecule has 1 aliphatic rings. The lowest BCUT2D eigenvalue weighted by atomic mass is 10.1. The number of amides is 1. The average Bonchev–Trinajstić information content (AvgIpc) is 2.81. The second kappa shape index (κ2) is 10.1. The highest BCUT2D eigenvalue weighted by Crippen LogP contribution is 2.20. The molecule has 3 aromatic rings. The van der Waals surface area contributed by atoms with Gasteiger partial charge in [-0.25, -0.2) is 14.1 Å². The number of aryl methyl sites for hydroxylation is 1. The molecule has 6 heteroatoms. The van der Waals surface area contributed by atoms with Gasteiger partial charge in [-0.1, -0.05) is 24.3 Å². The summed E-state index contributed by atoms with van der Waals surface area (Å²) in [5.74, 6) is -0.303. The summed E-state index contributed by atoms with van der Waals surface area (Å²) in [6.45, 7) is 9.60. The lowest BCUT2D eigenvalue weighted by Crippen LogP contribution is -3.09. The van der Waals surface area contributed by atoms with Crippen molar-refractivity contribution < 1.29 is 14.1 Å². The molecule has 1 saturated heterocycles. The molecule has 1 atom stereocenters. The Bertz CT molecular complexity index is 1080. The van der Waals surface area contributed by atoms with Gasteiger partial charge < -0.3 is 5.32 Å². The van der Waals surface area contributed by atoms with Gasteiger partial charge in [0.15, 0.2) is 0 Å². The summed E-state index contributed by atoms with van der Waals surface area (Å²) in [7, 11) is 0. The summed E-state index contributed by atoms with van der Waals surface area (Å²) in [6, 6.07) is 18.3. The Morgan fingerprint density at radius 1 is 1.09 bits per heavy atom. The van der Waals surface area contributed by atoms with Crippen LogP contribution in [0.5, 0.6) is 0 Å². The van der Waals surface area contributed by atoms with Crippen molar-refractivity contribution in [1.82, 2.24) is 15.2 Å². The summed E-state index contributed by atoms with van der Waals surface area (Å²) in [5, 5.41) is 3.38. The predicted octanol–water partition coefficient (Wildman–Crippen LogP) is 2.98. The van der Waals surface area contributed by atoms with Crippen LogP contribution in [-0.4, -0.2) is 48.5 Å². The van der Waals surface area contributed by atoms with Crippen LogP contribution in [0.3, 0.4) is 0 Å². The van der Waals surface area contributed by atoms with E-state index in [-0.39, 0.29) is 11.7 Å². The van der Waals surface area contributed by atoms with Gasteiger partial charge >= 0.3 is 5.91 Å². The van der Waals surface area contributed by atoms with E-state index in [0.717, 1.165) is 43.3 Å². The van der Waals surface area contributed by atoms with Gasteiger partial charge in [0.1, 0.15) is 17.1 Å². The molecule has 5 nitrogen and oxygen atoms in total. The van der Waals surface area contributed by atoms with Crippen molar-refractivity contribution in [1.29, 1.82) is 0 Å². The number of benzene rings is 2. The highest BCUT2D eigenvalue weighted by Gasteiger charge is 2.25. The molecule has 1 amide bonds. The van der Waals surface area contributed by atoms with Crippen molar-refractivity contribution in [3.63, 3.8) is 0 Å². The number of carbonyl (C=O) groups is 1. The van der Waals surface area contributed by atoms with Crippen molar-refractivity contribution in [3.05, 3.63) is 83.3 Å². The van der Waals surface area contributed by atoms with Crippen molar-refractivity contribution in [3.8, 4) is 11.3 Å². The molecule has 0 aliphatic carbocycles. The Morgan fingerprint density at radius 2 is 1.84 bits per heavy atom. The van der Waals surface area contributed by atoms with Gasteiger partial charge in [-0.2, -0.15) is 0 Å². The number of quaternary nitrogens is 1. The lowest BCUT2D eigenvalue weighted by molar-refractivity contribution is -0.739. The van der Waals surface area contributed by atoms with Crippen molar-refractivity contribution >= 4 is 11.6 Å². The first-order valence-corrected chi connectivity index (χ1v) is 11.2. The topological polar surface area (TPSA) is 49.7 Å². The minimum Gasteiger partial charge on any atom is -0.314 e. The number of nitrogens with zero attached hydrogens (tertiary/aromatic N) is 2. The fraction of sp³-hybridized carbons (Fsp3) is 0.308. The average molecular weight is 434 g/mol.